The standard InChI is InChI=1S/C6H10BrNO4/c7-3-1-2-4-8(5(9)10)6(11)12/h1-4H2,(H,9,10)(H,11,12). The van der Waals surface area contributed by atoms with Crippen LogP contribution in [-0.4, -0.2) is 39.2 Å². The molecule has 0 saturated carbocycles. The van der Waals surface area contributed by atoms with Crippen LogP contribution in [0.25, 0.3) is 0 Å². The SMILES string of the molecule is O=C(O)N(CCCCBr)C(=O)O. The number of carbonyl (C=O) groups is 2. The van der Waals surface area contributed by atoms with Gasteiger partial charge in [0.05, 0.1) is 0 Å². The molecule has 6 heteroatoms. The molecule has 0 spiro atoms. The Labute approximate surface area is 78.1 Å². The second-order valence-electron chi connectivity index (χ2n) is 2.11. The van der Waals surface area contributed by atoms with Gasteiger partial charge in [0.1, 0.15) is 0 Å². The number of carboxylic acid groups (broad SMARTS) is 2. The summed E-state index contributed by atoms with van der Waals surface area (Å²) in [4.78, 5) is 20.9. The molecule has 0 aromatic rings. The van der Waals surface area contributed by atoms with Crippen molar-refractivity contribution in [3.63, 3.8) is 0 Å². The van der Waals surface area contributed by atoms with Gasteiger partial charge >= 0.3 is 12.2 Å². The molecule has 0 heterocycles. The van der Waals surface area contributed by atoms with Crippen LogP contribution >= 0.6 is 15.9 Å². The van der Waals surface area contributed by atoms with Gasteiger partial charge < -0.3 is 10.2 Å². The maximum Gasteiger partial charge on any atom is 0.416 e. The van der Waals surface area contributed by atoms with E-state index in [1.807, 2.05) is 0 Å². The first-order valence-corrected chi connectivity index (χ1v) is 4.51. The van der Waals surface area contributed by atoms with Gasteiger partial charge in [-0.3, -0.25) is 0 Å². The maximum atomic E-state index is 10.3. The second kappa shape index (κ2) is 5.82. The summed E-state index contributed by atoms with van der Waals surface area (Å²) in [6, 6.07) is 0. The zero-order chi connectivity index (χ0) is 9.56. The summed E-state index contributed by atoms with van der Waals surface area (Å²) in [5.41, 5.74) is 0. The smallest absolute Gasteiger partial charge is 0.416 e. The van der Waals surface area contributed by atoms with Crippen molar-refractivity contribution in [2.45, 2.75) is 12.8 Å². The molecular weight excluding hydrogens is 230 g/mol. The van der Waals surface area contributed by atoms with Gasteiger partial charge in [0.2, 0.25) is 0 Å². The Kier molecular flexibility index (Phi) is 5.44. The van der Waals surface area contributed by atoms with E-state index in [1.165, 1.54) is 0 Å². The molecule has 0 bridgehead atoms. The third kappa shape index (κ3) is 4.17. The number of unbranched alkanes of at least 4 members (excludes halogenated alkanes) is 1. The van der Waals surface area contributed by atoms with Crippen LogP contribution in [0.4, 0.5) is 9.59 Å². The largest absolute Gasteiger partial charge is 0.465 e. The molecule has 0 rings (SSSR count). The predicted octanol–water partition coefficient (Wildman–Crippen LogP) is 1.82. The van der Waals surface area contributed by atoms with E-state index >= 15 is 0 Å². The molecule has 0 fully saturated rings. The van der Waals surface area contributed by atoms with Crippen molar-refractivity contribution in [1.82, 2.24) is 4.90 Å². The molecule has 0 atom stereocenters. The summed E-state index contributed by atoms with van der Waals surface area (Å²) >= 11 is 3.16. The highest BCUT2D eigenvalue weighted by molar-refractivity contribution is 9.09. The quantitative estimate of drug-likeness (QED) is 0.580. The first-order valence-electron chi connectivity index (χ1n) is 3.39. The van der Waals surface area contributed by atoms with E-state index in [2.05, 4.69) is 15.9 Å². The van der Waals surface area contributed by atoms with Crippen LogP contribution in [0.1, 0.15) is 12.8 Å². The van der Waals surface area contributed by atoms with Gasteiger partial charge in [-0.25, -0.2) is 14.5 Å². The number of halogens is 1. The van der Waals surface area contributed by atoms with Gasteiger partial charge in [0.25, 0.3) is 0 Å². The van der Waals surface area contributed by atoms with Crippen molar-refractivity contribution in [3.8, 4) is 0 Å². The number of alkyl halides is 1. The maximum absolute atomic E-state index is 10.3. The van der Waals surface area contributed by atoms with Gasteiger partial charge in [-0.2, -0.15) is 0 Å². The zero-order valence-electron chi connectivity index (χ0n) is 6.36. The molecule has 0 aliphatic carbocycles. The van der Waals surface area contributed by atoms with E-state index in [1.54, 1.807) is 0 Å². The Morgan fingerprint density at radius 1 is 1.17 bits per heavy atom. The molecule has 0 saturated heterocycles. The van der Waals surface area contributed by atoms with Crippen LogP contribution in [0, 0.1) is 0 Å². The van der Waals surface area contributed by atoms with Crippen molar-refractivity contribution in [1.29, 1.82) is 0 Å². The molecule has 0 aromatic carbocycles. The minimum atomic E-state index is -1.42. The van der Waals surface area contributed by atoms with Crippen LogP contribution in [0.15, 0.2) is 0 Å². The van der Waals surface area contributed by atoms with Crippen molar-refractivity contribution in [2.75, 3.05) is 11.9 Å². The summed E-state index contributed by atoms with van der Waals surface area (Å²) in [5.74, 6) is 0. The molecule has 5 nitrogen and oxygen atoms in total. The average molecular weight is 240 g/mol. The molecule has 12 heavy (non-hydrogen) atoms. The lowest BCUT2D eigenvalue weighted by atomic mass is 10.3. The highest BCUT2D eigenvalue weighted by Gasteiger charge is 2.17. The highest BCUT2D eigenvalue weighted by atomic mass is 79.9. The normalized spacial score (nSPS) is 9.42. The molecule has 70 valence electrons. The van der Waals surface area contributed by atoms with E-state index < -0.39 is 12.2 Å². The van der Waals surface area contributed by atoms with Crippen molar-refractivity contribution in [3.05, 3.63) is 0 Å². The fraction of sp³-hybridized carbons (Fsp3) is 0.667. The summed E-state index contributed by atoms with van der Waals surface area (Å²) in [5, 5.41) is 17.5. The molecular formula is C6H10BrNO4. The molecule has 0 aromatic heterocycles. The number of amides is 2. The lowest BCUT2D eigenvalue weighted by molar-refractivity contribution is 0.122. The van der Waals surface area contributed by atoms with Crippen LogP contribution in [-0.2, 0) is 0 Å². The third-order valence-electron chi connectivity index (χ3n) is 1.23. The summed E-state index contributed by atoms with van der Waals surface area (Å²) in [6.45, 7) is 0.0380. The number of imide groups is 1. The minimum absolute atomic E-state index is 0.0380. The van der Waals surface area contributed by atoms with Gasteiger partial charge in [-0.15, -0.1) is 0 Å². The van der Waals surface area contributed by atoms with Crippen molar-refractivity contribution >= 4 is 28.1 Å². The van der Waals surface area contributed by atoms with Gasteiger partial charge in [-0.1, -0.05) is 15.9 Å². The Morgan fingerprint density at radius 3 is 2.00 bits per heavy atom. The average Bonchev–Trinajstić information content (AvgIpc) is 1.96. The molecule has 2 N–H and O–H groups in total. The van der Waals surface area contributed by atoms with Crippen molar-refractivity contribution < 1.29 is 19.8 Å². The van der Waals surface area contributed by atoms with E-state index in [9.17, 15) is 9.59 Å². The topological polar surface area (TPSA) is 77.8 Å². The molecule has 0 unspecified atom stereocenters. The van der Waals surface area contributed by atoms with E-state index in [0.717, 1.165) is 11.8 Å². The lowest BCUT2D eigenvalue weighted by Gasteiger charge is -2.11. The lowest BCUT2D eigenvalue weighted by Crippen LogP contribution is -2.35. The van der Waals surface area contributed by atoms with Gasteiger partial charge in [0, 0.05) is 11.9 Å². The zero-order valence-corrected chi connectivity index (χ0v) is 7.95. The third-order valence-corrected chi connectivity index (χ3v) is 1.79. The summed E-state index contributed by atoms with van der Waals surface area (Å²) < 4.78 is 0. The van der Waals surface area contributed by atoms with Crippen LogP contribution in [0.2, 0.25) is 0 Å². The Morgan fingerprint density at radius 2 is 1.67 bits per heavy atom. The second-order valence-corrected chi connectivity index (χ2v) is 2.91. The van der Waals surface area contributed by atoms with Crippen molar-refractivity contribution in [2.24, 2.45) is 0 Å². The van der Waals surface area contributed by atoms with Gasteiger partial charge in [0.15, 0.2) is 0 Å². The Bertz CT molecular complexity index is 159. The fourth-order valence-corrected chi connectivity index (χ4v) is 1.03. The van der Waals surface area contributed by atoms with Crippen LogP contribution in [0.5, 0.6) is 0 Å². The number of rotatable bonds is 4. The molecule has 0 aliphatic heterocycles. The summed E-state index contributed by atoms with van der Waals surface area (Å²) in [6.07, 6.45) is -1.53. The molecule has 2 amide bonds. The first kappa shape index (κ1) is 11.2. The highest BCUT2D eigenvalue weighted by Crippen LogP contribution is 1.98. The predicted molar refractivity (Wildman–Crippen MR) is 45.8 cm³/mol. The van der Waals surface area contributed by atoms with E-state index in [4.69, 9.17) is 10.2 Å². The summed E-state index contributed by atoms with van der Waals surface area (Å²) in [7, 11) is 0. The molecule has 0 radical (unpaired) electrons. The van der Waals surface area contributed by atoms with Crippen LogP contribution in [0.3, 0.4) is 0 Å². The van der Waals surface area contributed by atoms with Crippen LogP contribution < -0.4 is 0 Å². The van der Waals surface area contributed by atoms with E-state index in [-0.39, 0.29) is 6.54 Å². The first-order chi connectivity index (χ1) is 5.59. The van der Waals surface area contributed by atoms with Gasteiger partial charge in [-0.05, 0) is 12.8 Å². The molecule has 0 aliphatic rings. The number of hydrogen-bond acceptors (Lipinski definition) is 2. The Balaban J connectivity index is 3.80. The number of hydrogen-bond donors (Lipinski definition) is 2. The number of nitrogens with zero attached hydrogens (tertiary/aromatic N) is 1. The minimum Gasteiger partial charge on any atom is -0.465 e. The Hall–Kier alpha value is -0.780. The monoisotopic (exact) mass is 239 g/mol. The van der Waals surface area contributed by atoms with E-state index in [0.29, 0.717) is 11.3 Å². The fourth-order valence-electron chi connectivity index (χ4n) is 0.638.